The number of fused-ring (bicyclic) bond motifs is 5. The number of hydrogen-bond acceptors (Lipinski definition) is 4. The minimum Gasteiger partial charge on any atom is -0.361 e. The zero-order valence-corrected chi connectivity index (χ0v) is 18.8. The summed E-state index contributed by atoms with van der Waals surface area (Å²) in [6.45, 7) is 3.70. The monoisotopic (exact) mass is 442 g/mol. The molecule has 4 heterocycles. The van der Waals surface area contributed by atoms with Crippen molar-refractivity contribution in [2.45, 2.75) is 37.9 Å². The van der Waals surface area contributed by atoms with Crippen LogP contribution in [0.3, 0.4) is 0 Å². The molecule has 2 fully saturated rings. The molecule has 1 spiro atoms. The first kappa shape index (κ1) is 20.2. The Bertz CT molecular complexity index is 1330. The van der Waals surface area contributed by atoms with Gasteiger partial charge in [0.15, 0.2) is 0 Å². The minimum atomic E-state index is -1.23. The first-order valence-electron chi connectivity index (χ1n) is 11.4. The molecule has 33 heavy (non-hydrogen) atoms. The zero-order chi connectivity index (χ0) is 23.1. The van der Waals surface area contributed by atoms with Gasteiger partial charge < -0.3 is 9.88 Å². The Balaban J connectivity index is 1.51. The van der Waals surface area contributed by atoms with Gasteiger partial charge in [-0.05, 0) is 38.0 Å². The maximum atomic E-state index is 13.8. The molecule has 2 saturated heterocycles. The highest BCUT2D eigenvalue weighted by Gasteiger charge is 2.71. The van der Waals surface area contributed by atoms with Gasteiger partial charge in [0.25, 0.3) is 5.91 Å². The standard InChI is InChI=1S/C26H26N4O3/c1-14(2)30-23(31)21-19(12-15-13-27-18-10-6-4-8-16(15)18)28-26(22(21)24(30)32)17-9-5-7-11-20(17)29(3)25(26)33/h4-11,13-14,19,21-22,27-28H,12H2,1-3H3. The van der Waals surface area contributed by atoms with Gasteiger partial charge in [0.05, 0.1) is 11.8 Å². The Hall–Kier alpha value is -3.45. The van der Waals surface area contributed by atoms with Gasteiger partial charge in [0, 0.05) is 47.5 Å². The average Bonchev–Trinajstić information content (AvgIpc) is 3.49. The van der Waals surface area contributed by atoms with E-state index in [1.54, 1.807) is 11.9 Å². The van der Waals surface area contributed by atoms with Gasteiger partial charge in [-0.25, -0.2) is 0 Å². The van der Waals surface area contributed by atoms with Crippen LogP contribution in [0.1, 0.15) is 25.0 Å². The largest absolute Gasteiger partial charge is 0.361 e. The van der Waals surface area contributed by atoms with E-state index < -0.39 is 17.4 Å². The van der Waals surface area contributed by atoms with Gasteiger partial charge >= 0.3 is 0 Å². The fourth-order valence-corrected chi connectivity index (χ4v) is 6.30. The Labute approximate surface area is 191 Å². The summed E-state index contributed by atoms with van der Waals surface area (Å²) in [6.07, 6.45) is 2.50. The molecule has 0 saturated carbocycles. The second-order valence-corrected chi connectivity index (χ2v) is 9.65. The number of aromatic nitrogens is 1. The summed E-state index contributed by atoms with van der Waals surface area (Å²) in [4.78, 5) is 47.4. The number of anilines is 1. The summed E-state index contributed by atoms with van der Waals surface area (Å²) < 4.78 is 0. The van der Waals surface area contributed by atoms with Crippen molar-refractivity contribution in [1.82, 2.24) is 15.2 Å². The molecule has 4 unspecified atom stereocenters. The van der Waals surface area contributed by atoms with Crippen molar-refractivity contribution in [2.24, 2.45) is 11.8 Å². The molecular formula is C26H26N4O3. The number of nitrogens with zero attached hydrogens (tertiary/aromatic N) is 2. The number of H-pyrrole nitrogens is 1. The van der Waals surface area contributed by atoms with E-state index in [9.17, 15) is 14.4 Å². The first-order chi connectivity index (χ1) is 15.9. The van der Waals surface area contributed by atoms with E-state index in [0.717, 1.165) is 27.7 Å². The third-order valence-corrected chi connectivity index (χ3v) is 7.66. The van der Waals surface area contributed by atoms with Crippen LogP contribution in [0.15, 0.2) is 54.7 Å². The van der Waals surface area contributed by atoms with Gasteiger partial charge in [0.2, 0.25) is 11.8 Å². The van der Waals surface area contributed by atoms with Crippen LogP contribution < -0.4 is 10.2 Å². The van der Waals surface area contributed by atoms with E-state index in [1.807, 2.05) is 62.5 Å². The van der Waals surface area contributed by atoms with E-state index in [-0.39, 0.29) is 29.8 Å². The first-order valence-corrected chi connectivity index (χ1v) is 11.4. The summed E-state index contributed by atoms with van der Waals surface area (Å²) in [5.41, 5.74) is 2.42. The van der Waals surface area contributed by atoms with Crippen molar-refractivity contribution in [3.05, 3.63) is 65.9 Å². The second kappa shape index (κ2) is 6.78. The number of para-hydroxylation sites is 2. The van der Waals surface area contributed by atoms with Crippen LogP contribution in [0.4, 0.5) is 5.69 Å². The molecule has 2 aromatic carbocycles. The molecule has 3 amide bonds. The van der Waals surface area contributed by atoms with Gasteiger partial charge in [-0.15, -0.1) is 0 Å². The van der Waals surface area contributed by atoms with E-state index in [2.05, 4.69) is 16.4 Å². The van der Waals surface area contributed by atoms with Crippen molar-refractivity contribution in [3.8, 4) is 0 Å². The third kappa shape index (κ3) is 2.45. The van der Waals surface area contributed by atoms with Crippen molar-refractivity contribution >= 4 is 34.3 Å². The molecule has 168 valence electrons. The number of carbonyl (C=O) groups is 3. The average molecular weight is 443 g/mol. The quantitative estimate of drug-likeness (QED) is 0.611. The lowest BCUT2D eigenvalue weighted by molar-refractivity contribution is -0.144. The molecule has 0 radical (unpaired) electrons. The fourth-order valence-electron chi connectivity index (χ4n) is 6.30. The number of nitrogens with one attached hydrogen (secondary N) is 2. The van der Waals surface area contributed by atoms with Crippen LogP contribution in [0.2, 0.25) is 0 Å². The molecule has 6 rings (SSSR count). The summed E-state index contributed by atoms with van der Waals surface area (Å²) in [5, 5.41) is 4.64. The number of likely N-dealkylation sites (tertiary alicyclic amines) is 1. The van der Waals surface area contributed by atoms with E-state index >= 15 is 0 Å². The van der Waals surface area contributed by atoms with E-state index in [4.69, 9.17) is 0 Å². The Morgan fingerprint density at radius 1 is 1.00 bits per heavy atom. The highest BCUT2D eigenvalue weighted by molar-refractivity contribution is 6.16. The number of carbonyl (C=O) groups excluding carboxylic acids is 3. The number of rotatable bonds is 3. The maximum Gasteiger partial charge on any atom is 0.252 e. The molecule has 3 aromatic rings. The highest BCUT2D eigenvalue weighted by Crippen LogP contribution is 2.54. The molecule has 4 atom stereocenters. The van der Waals surface area contributed by atoms with Crippen LogP contribution in [-0.4, -0.2) is 46.7 Å². The van der Waals surface area contributed by atoms with Gasteiger partial charge in [0.1, 0.15) is 5.54 Å². The fraction of sp³-hybridized carbons (Fsp3) is 0.346. The molecule has 2 N–H and O–H groups in total. The van der Waals surface area contributed by atoms with Gasteiger partial charge in [-0.3, -0.25) is 24.6 Å². The molecule has 3 aliphatic heterocycles. The summed E-state index contributed by atoms with van der Waals surface area (Å²) in [7, 11) is 1.74. The lowest BCUT2D eigenvalue weighted by Gasteiger charge is -2.31. The van der Waals surface area contributed by atoms with Gasteiger partial charge in [-0.2, -0.15) is 0 Å². The topological polar surface area (TPSA) is 85.5 Å². The van der Waals surface area contributed by atoms with Crippen LogP contribution in [0.25, 0.3) is 10.9 Å². The van der Waals surface area contributed by atoms with Crippen molar-refractivity contribution in [2.75, 3.05) is 11.9 Å². The predicted molar refractivity (Wildman–Crippen MR) is 124 cm³/mol. The predicted octanol–water partition coefficient (Wildman–Crippen LogP) is 2.56. The third-order valence-electron chi connectivity index (χ3n) is 7.66. The number of amides is 3. The van der Waals surface area contributed by atoms with E-state index in [0.29, 0.717) is 6.42 Å². The molecule has 1 aromatic heterocycles. The van der Waals surface area contributed by atoms with E-state index in [1.165, 1.54) is 4.90 Å². The zero-order valence-electron chi connectivity index (χ0n) is 18.8. The Kier molecular flexibility index (Phi) is 4.14. The van der Waals surface area contributed by atoms with Crippen molar-refractivity contribution in [3.63, 3.8) is 0 Å². The number of likely N-dealkylation sites (N-methyl/N-ethyl adjacent to an activating group) is 1. The minimum absolute atomic E-state index is 0.174. The number of imide groups is 1. The smallest absolute Gasteiger partial charge is 0.252 e. The second-order valence-electron chi connectivity index (χ2n) is 9.65. The summed E-state index contributed by atoms with van der Waals surface area (Å²) in [6, 6.07) is 15.0. The van der Waals surface area contributed by atoms with Crippen molar-refractivity contribution < 1.29 is 14.4 Å². The number of hydrogen-bond donors (Lipinski definition) is 2. The number of benzene rings is 2. The maximum absolute atomic E-state index is 13.8. The molecular weight excluding hydrogens is 416 g/mol. The van der Waals surface area contributed by atoms with Crippen LogP contribution in [0.5, 0.6) is 0 Å². The normalized spacial score (nSPS) is 28.6. The van der Waals surface area contributed by atoms with Crippen molar-refractivity contribution in [1.29, 1.82) is 0 Å². The summed E-state index contributed by atoms with van der Waals surface area (Å²) >= 11 is 0. The van der Waals surface area contributed by atoms with Gasteiger partial charge in [-0.1, -0.05) is 36.4 Å². The van der Waals surface area contributed by atoms with Crippen LogP contribution >= 0.6 is 0 Å². The molecule has 0 aliphatic carbocycles. The lowest BCUT2D eigenvalue weighted by atomic mass is 9.76. The van der Waals surface area contributed by atoms with Crippen LogP contribution in [0, 0.1) is 11.8 Å². The SMILES string of the molecule is CC(C)N1C(=O)C2C(Cc3c[nH]c4ccccc34)NC3(C(=O)N(C)c4ccccc43)C2C1=O. The van der Waals surface area contributed by atoms with Crippen LogP contribution in [-0.2, 0) is 26.3 Å². The summed E-state index contributed by atoms with van der Waals surface area (Å²) in [5.74, 6) is -1.98. The number of aromatic amines is 1. The molecule has 3 aliphatic rings. The molecule has 7 nitrogen and oxygen atoms in total. The Morgan fingerprint density at radius 2 is 1.73 bits per heavy atom. The lowest BCUT2D eigenvalue weighted by Crippen LogP contribution is -2.55. The Morgan fingerprint density at radius 3 is 2.52 bits per heavy atom. The highest BCUT2D eigenvalue weighted by atomic mass is 16.2. The molecule has 0 bridgehead atoms. The molecule has 7 heteroatoms.